The molecular weight excluding hydrogens is 530 g/mol. The molecule has 0 N–H and O–H groups in total. The molecule has 0 aliphatic rings. The van der Waals surface area contributed by atoms with E-state index < -0.39 is 16.2 Å². The van der Waals surface area contributed by atoms with Crippen LogP contribution in [0, 0.1) is 5.41 Å². The van der Waals surface area contributed by atoms with Gasteiger partial charge in [-0.05, 0) is 0 Å². The van der Waals surface area contributed by atoms with Crippen LogP contribution >= 0.6 is 0 Å². The van der Waals surface area contributed by atoms with Gasteiger partial charge in [0, 0.05) is 0 Å². The number of hydrogen-bond acceptors (Lipinski definition) is 3. The number of nitrogens with zero attached hydrogens (tertiary/aromatic N) is 1. The maximum absolute atomic E-state index is 6.81. The fraction of sp³-hybridized carbons (Fsp3) is 0.720. The van der Waals surface area contributed by atoms with Gasteiger partial charge >= 0.3 is 184 Å². The van der Waals surface area contributed by atoms with Crippen molar-refractivity contribution in [2.75, 3.05) is 0 Å². The van der Waals surface area contributed by atoms with Crippen molar-refractivity contribution in [3.05, 3.63) is 29.3 Å². The van der Waals surface area contributed by atoms with Gasteiger partial charge in [-0.2, -0.15) is 0 Å². The average molecular weight is 575 g/mol. The van der Waals surface area contributed by atoms with E-state index in [2.05, 4.69) is 113 Å². The molecule has 0 aromatic heterocycles. The minimum atomic E-state index is -4.05. The standard InChI is InChI=1S/C12H17N.C5H10.2C4H9O.W/c1-8(2)10-6-5-7-11(9(3)4)12(10)13;1-5(2,3)4;2*1-4(2,3)5;/h5-9H,1-4H3;1H,2-4H3;2*1-3H3;/q;;2*-1;+2. The van der Waals surface area contributed by atoms with E-state index in [0.717, 1.165) is 5.69 Å². The van der Waals surface area contributed by atoms with Crippen LogP contribution in [0.2, 0.25) is 0 Å². The van der Waals surface area contributed by atoms with Crippen LogP contribution in [0.3, 0.4) is 0 Å². The van der Waals surface area contributed by atoms with Crippen LogP contribution in [0.25, 0.3) is 0 Å². The van der Waals surface area contributed by atoms with Crippen molar-refractivity contribution in [2.24, 2.45) is 8.91 Å². The van der Waals surface area contributed by atoms with E-state index in [9.17, 15) is 0 Å². The zero-order valence-corrected chi connectivity index (χ0v) is 24.1. The second-order valence-electron chi connectivity index (χ2n) is 11.6. The van der Waals surface area contributed by atoms with Crippen LogP contribution in [0.1, 0.15) is 113 Å². The molecule has 0 amide bonds. The first-order valence-electron chi connectivity index (χ1n) is 10.8. The summed E-state index contributed by atoms with van der Waals surface area (Å²) in [7, 11) is 0. The average Bonchev–Trinajstić information content (AvgIpc) is 2.40. The second-order valence-corrected chi connectivity index (χ2v) is 18.0. The molecule has 4 heteroatoms. The molecule has 1 rings (SSSR count). The monoisotopic (exact) mass is 575 g/mol. The van der Waals surface area contributed by atoms with Gasteiger partial charge in [0.25, 0.3) is 0 Å². The van der Waals surface area contributed by atoms with E-state index >= 15 is 0 Å². The summed E-state index contributed by atoms with van der Waals surface area (Å²) in [4.78, 5) is 0. The molecule has 0 atom stereocenters. The molecule has 0 aliphatic heterocycles. The SMILES string of the molecule is CC(C)c1cccc(C(C)C)c1[N]=[W](=[CH]C(C)(C)C)([O]C(C)(C)C)[O]C(C)(C)C. The van der Waals surface area contributed by atoms with Crippen molar-refractivity contribution in [2.45, 2.75) is 113 Å². The van der Waals surface area contributed by atoms with Gasteiger partial charge in [-0.15, -0.1) is 0 Å². The Hall–Kier alpha value is -0.502. The number of hydrogen-bond donors (Lipinski definition) is 0. The predicted molar refractivity (Wildman–Crippen MR) is 124 cm³/mol. The molecular formula is C25H45NO2W. The van der Waals surface area contributed by atoms with E-state index in [1.54, 1.807) is 0 Å². The van der Waals surface area contributed by atoms with Crippen molar-refractivity contribution in [3.63, 3.8) is 0 Å². The number of benzene rings is 1. The molecule has 0 fully saturated rings. The Morgan fingerprint density at radius 1 is 0.759 bits per heavy atom. The predicted octanol–water partition coefficient (Wildman–Crippen LogP) is 8.21. The van der Waals surface area contributed by atoms with Crippen molar-refractivity contribution in [3.8, 4) is 0 Å². The summed E-state index contributed by atoms with van der Waals surface area (Å²) in [6, 6.07) is 6.57. The van der Waals surface area contributed by atoms with Gasteiger partial charge in [-0.1, -0.05) is 0 Å². The van der Waals surface area contributed by atoms with Crippen molar-refractivity contribution in [1.29, 1.82) is 0 Å². The van der Waals surface area contributed by atoms with Gasteiger partial charge in [0.15, 0.2) is 0 Å². The second kappa shape index (κ2) is 9.33. The van der Waals surface area contributed by atoms with Crippen molar-refractivity contribution < 1.29 is 23.0 Å². The van der Waals surface area contributed by atoms with E-state index in [0.29, 0.717) is 11.8 Å². The van der Waals surface area contributed by atoms with E-state index in [1.165, 1.54) is 11.1 Å². The van der Waals surface area contributed by atoms with Crippen molar-refractivity contribution in [1.82, 2.24) is 0 Å². The summed E-state index contributed by atoms with van der Waals surface area (Å²) in [5.74, 6) is 0.769. The molecule has 0 spiro atoms. The molecule has 0 unspecified atom stereocenters. The third-order valence-corrected chi connectivity index (χ3v) is 14.3. The summed E-state index contributed by atoms with van der Waals surface area (Å²) in [6.45, 7) is 28.2. The van der Waals surface area contributed by atoms with Gasteiger partial charge < -0.3 is 0 Å². The van der Waals surface area contributed by atoms with E-state index in [1.807, 2.05) is 0 Å². The third kappa shape index (κ3) is 9.03. The Labute approximate surface area is 184 Å². The van der Waals surface area contributed by atoms with E-state index in [-0.39, 0.29) is 16.6 Å². The normalized spacial score (nSPS) is 13.9. The first-order valence-corrected chi connectivity index (χ1v) is 16.2. The van der Waals surface area contributed by atoms with Gasteiger partial charge in [0.05, 0.1) is 0 Å². The Balaban J connectivity index is 4.11. The van der Waals surface area contributed by atoms with E-state index in [4.69, 9.17) is 10.3 Å². The first-order chi connectivity index (χ1) is 12.8. The Kier molecular flexibility index (Phi) is 8.53. The molecule has 0 saturated heterocycles. The van der Waals surface area contributed by atoms with Crippen LogP contribution in [-0.4, -0.2) is 15.6 Å². The van der Waals surface area contributed by atoms with Gasteiger partial charge in [0.2, 0.25) is 0 Å². The maximum atomic E-state index is 6.81. The minimum absolute atomic E-state index is 0.0555. The first kappa shape index (κ1) is 26.5. The zero-order chi connectivity index (χ0) is 22.8. The topological polar surface area (TPSA) is 30.8 Å². The van der Waals surface area contributed by atoms with Gasteiger partial charge in [0.1, 0.15) is 0 Å². The van der Waals surface area contributed by atoms with Crippen LogP contribution in [0.4, 0.5) is 5.69 Å². The van der Waals surface area contributed by atoms with Crippen molar-refractivity contribution >= 4 is 10.1 Å². The van der Waals surface area contributed by atoms with Gasteiger partial charge in [-0.3, -0.25) is 0 Å². The molecule has 0 saturated carbocycles. The quantitative estimate of drug-likeness (QED) is 0.354. The molecule has 0 bridgehead atoms. The zero-order valence-electron chi connectivity index (χ0n) is 21.1. The van der Waals surface area contributed by atoms with Crippen LogP contribution in [0.5, 0.6) is 0 Å². The molecule has 0 radical (unpaired) electrons. The number of rotatable bonds is 5. The Morgan fingerprint density at radius 3 is 1.41 bits per heavy atom. The van der Waals surface area contributed by atoms with Crippen LogP contribution in [0.15, 0.2) is 21.7 Å². The van der Waals surface area contributed by atoms with Gasteiger partial charge in [-0.25, -0.2) is 0 Å². The fourth-order valence-corrected chi connectivity index (χ4v) is 14.0. The fourth-order valence-electron chi connectivity index (χ4n) is 3.04. The molecule has 3 nitrogen and oxygen atoms in total. The van der Waals surface area contributed by atoms with Crippen LogP contribution < -0.4 is 0 Å². The summed E-state index contributed by atoms with van der Waals surface area (Å²) in [6.07, 6.45) is 0. The third-order valence-electron chi connectivity index (χ3n) is 3.80. The molecule has 1 aromatic carbocycles. The summed E-state index contributed by atoms with van der Waals surface area (Å²) in [5.41, 5.74) is 2.90. The Morgan fingerprint density at radius 2 is 1.14 bits per heavy atom. The van der Waals surface area contributed by atoms with Crippen LogP contribution in [-0.2, 0) is 23.0 Å². The molecule has 168 valence electrons. The summed E-state index contributed by atoms with van der Waals surface area (Å²) < 4.78 is 21.4. The summed E-state index contributed by atoms with van der Waals surface area (Å²) in [5, 5.41) is 0. The summed E-state index contributed by atoms with van der Waals surface area (Å²) >= 11 is -4.05. The molecule has 0 heterocycles. The molecule has 1 aromatic rings. The molecule has 29 heavy (non-hydrogen) atoms. The Bertz CT molecular complexity index is 758. The molecule has 0 aliphatic carbocycles.